The number of hydrogen-bond acceptors (Lipinski definition) is 2. The van der Waals surface area contributed by atoms with Crippen LogP contribution < -0.4 is 10.6 Å². The third-order valence-electron chi connectivity index (χ3n) is 1.78. The lowest BCUT2D eigenvalue weighted by molar-refractivity contribution is 0.124. The van der Waals surface area contributed by atoms with Gasteiger partial charge in [-0.15, -0.1) is 0 Å². The monoisotopic (exact) mass is 174 g/mol. The summed E-state index contributed by atoms with van der Waals surface area (Å²) in [6, 6.07) is 0.351. The Kier molecular flexibility index (Phi) is 3.08. The molecule has 0 bridgehead atoms. The minimum absolute atomic E-state index is 0.351. The number of aliphatic hydroxyl groups excluding tert-OH is 1. The van der Waals surface area contributed by atoms with Crippen LogP contribution in [0.5, 0.6) is 0 Å². The first-order valence-corrected chi connectivity index (χ1v) is 4.38. The van der Waals surface area contributed by atoms with Crippen molar-refractivity contribution >= 4 is 17.3 Å². The quantitative estimate of drug-likeness (QED) is 0.528. The lowest BCUT2D eigenvalue weighted by Crippen LogP contribution is -2.54. The van der Waals surface area contributed by atoms with Crippen LogP contribution in [-0.2, 0) is 0 Å². The Bertz CT molecular complexity index is 151. The summed E-state index contributed by atoms with van der Waals surface area (Å²) < 4.78 is 0. The van der Waals surface area contributed by atoms with Crippen molar-refractivity contribution in [3.8, 4) is 0 Å². The van der Waals surface area contributed by atoms with Crippen LogP contribution in [-0.4, -0.2) is 22.5 Å². The second-order valence-electron chi connectivity index (χ2n) is 2.85. The Morgan fingerprint density at radius 3 is 2.91 bits per heavy atom. The Morgan fingerprint density at radius 1 is 1.64 bits per heavy atom. The molecule has 1 aliphatic heterocycles. The van der Waals surface area contributed by atoms with Gasteiger partial charge in [0.1, 0.15) is 6.23 Å². The molecule has 1 saturated heterocycles. The first-order chi connectivity index (χ1) is 5.22. The summed E-state index contributed by atoms with van der Waals surface area (Å²) in [6.45, 7) is 2.12. The highest BCUT2D eigenvalue weighted by atomic mass is 32.1. The molecule has 0 aliphatic carbocycles. The molecular weight excluding hydrogens is 160 g/mol. The minimum Gasteiger partial charge on any atom is -0.374 e. The summed E-state index contributed by atoms with van der Waals surface area (Å²) >= 11 is 4.89. The van der Waals surface area contributed by atoms with Crippen LogP contribution in [0.2, 0.25) is 0 Å². The molecule has 1 heterocycles. The van der Waals surface area contributed by atoms with Gasteiger partial charge in [0, 0.05) is 12.5 Å². The molecule has 0 aromatic heterocycles. The van der Waals surface area contributed by atoms with Crippen LogP contribution in [0.3, 0.4) is 0 Å². The molecule has 4 heteroatoms. The Balaban J connectivity index is 2.36. The Hall–Kier alpha value is -0.350. The SMILES string of the molecule is CCCC1CC(O)NC(=S)N1. The number of thiocarbonyl (C=S) groups is 1. The van der Waals surface area contributed by atoms with Crippen molar-refractivity contribution in [2.24, 2.45) is 0 Å². The molecule has 0 aromatic carbocycles. The van der Waals surface area contributed by atoms with Gasteiger partial charge in [-0.3, -0.25) is 0 Å². The standard InChI is InChI=1S/C7H14N2OS/c1-2-3-5-4-6(10)9-7(11)8-5/h5-6,10H,2-4H2,1H3,(H2,8,9,11). The van der Waals surface area contributed by atoms with Gasteiger partial charge >= 0.3 is 0 Å². The van der Waals surface area contributed by atoms with E-state index in [-0.39, 0.29) is 0 Å². The second-order valence-corrected chi connectivity index (χ2v) is 3.26. The van der Waals surface area contributed by atoms with Crippen molar-refractivity contribution in [3.05, 3.63) is 0 Å². The molecule has 64 valence electrons. The largest absolute Gasteiger partial charge is 0.374 e. The molecule has 3 nitrogen and oxygen atoms in total. The van der Waals surface area contributed by atoms with Gasteiger partial charge in [0.05, 0.1) is 0 Å². The van der Waals surface area contributed by atoms with E-state index in [4.69, 9.17) is 12.2 Å². The van der Waals surface area contributed by atoms with Crippen molar-refractivity contribution < 1.29 is 5.11 Å². The van der Waals surface area contributed by atoms with Crippen molar-refractivity contribution in [1.29, 1.82) is 0 Å². The predicted molar refractivity (Wildman–Crippen MR) is 48.2 cm³/mol. The zero-order valence-electron chi connectivity index (χ0n) is 6.63. The summed E-state index contributed by atoms with van der Waals surface area (Å²) in [7, 11) is 0. The molecule has 0 aromatic rings. The maximum Gasteiger partial charge on any atom is 0.168 e. The van der Waals surface area contributed by atoms with E-state index in [0.29, 0.717) is 11.2 Å². The van der Waals surface area contributed by atoms with E-state index < -0.39 is 6.23 Å². The van der Waals surface area contributed by atoms with Gasteiger partial charge in [0.15, 0.2) is 5.11 Å². The highest BCUT2D eigenvalue weighted by Gasteiger charge is 2.20. The Morgan fingerprint density at radius 2 is 2.36 bits per heavy atom. The van der Waals surface area contributed by atoms with E-state index >= 15 is 0 Å². The van der Waals surface area contributed by atoms with E-state index in [1.165, 1.54) is 0 Å². The molecule has 1 fully saturated rings. The minimum atomic E-state index is -0.458. The van der Waals surface area contributed by atoms with E-state index in [2.05, 4.69) is 17.6 Å². The van der Waals surface area contributed by atoms with Crippen molar-refractivity contribution in [2.75, 3.05) is 0 Å². The Labute approximate surface area is 72.2 Å². The fourth-order valence-corrected chi connectivity index (χ4v) is 1.61. The number of hydrogen-bond donors (Lipinski definition) is 3. The van der Waals surface area contributed by atoms with Gasteiger partial charge in [0.2, 0.25) is 0 Å². The summed E-state index contributed by atoms with van der Waals surface area (Å²) in [6.07, 6.45) is 2.47. The molecule has 2 atom stereocenters. The van der Waals surface area contributed by atoms with E-state index in [1.807, 2.05) is 0 Å². The van der Waals surface area contributed by atoms with Crippen LogP contribution in [0.1, 0.15) is 26.2 Å². The van der Waals surface area contributed by atoms with Gasteiger partial charge < -0.3 is 15.7 Å². The molecule has 2 unspecified atom stereocenters. The molecule has 11 heavy (non-hydrogen) atoms. The fraction of sp³-hybridized carbons (Fsp3) is 0.857. The van der Waals surface area contributed by atoms with Gasteiger partial charge in [-0.2, -0.15) is 0 Å². The predicted octanol–water partition coefficient (Wildman–Crippen LogP) is 0.341. The molecule has 1 rings (SSSR count). The number of nitrogens with one attached hydrogen (secondary N) is 2. The van der Waals surface area contributed by atoms with Crippen LogP contribution in [0.15, 0.2) is 0 Å². The smallest absolute Gasteiger partial charge is 0.168 e. The van der Waals surface area contributed by atoms with Crippen molar-refractivity contribution in [2.45, 2.75) is 38.5 Å². The van der Waals surface area contributed by atoms with Crippen LogP contribution in [0, 0.1) is 0 Å². The first kappa shape index (κ1) is 8.74. The van der Waals surface area contributed by atoms with Crippen LogP contribution in [0.25, 0.3) is 0 Å². The molecule has 0 amide bonds. The normalized spacial score (nSPS) is 30.9. The summed E-state index contributed by atoms with van der Waals surface area (Å²) in [5.41, 5.74) is 0. The van der Waals surface area contributed by atoms with Crippen molar-refractivity contribution in [1.82, 2.24) is 10.6 Å². The van der Waals surface area contributed by atoms with Gasteiger partial charge in [0.25, 0.3) is 0 Å². The topological polar surface area (TPSA) is 44.3 Å². The van der Waals surface area contributed by atoms with Gasteiger partial charge in [-0.1, -0.05) is 13.3 Å². The second kappa shape index (κ2) is 3.88. The lowest BCUT2D eigenvalue weighted by atomic mass is 10.1. The average Bonchev–Trinajstić information content (AvgIpc) is 1.85. The highest BCUT2D eigenvalue weighted by Crippen LogP contribution is 2.07. The first-order valence-electron chi connectivity index (χ1n) is 3.97. The zero-order valence-corrected chi connectivity index (χ0v) is 7.45. The van der Waals surface area contributed by atoms with Gasteiger partial charge in [-0.05, 0) is 18.6 Å². The molecule has 3 N–H and O–H groups in total. The summed E-state index contributed by atoms with van der Waals surface area (Å²) in [5, 5.41) is 15.7. The molecular formula is C7H14N2OS. The van der Waals surface area contributed by atoms with E-state index in [0.717, 1.165) is 19.3 Å². The molecule has 1 aliphatic rings. The summed E-state index contributed by atoms with van der Waals surface area (Å²) in [4.78, 5) is 0. The van der Waals surface area contributed by atoms with E-state index in [1.54, 1.807) is 0 Å². The lowest BCUT2D eigenvalue weighted by Gasteiger charge is -2.29. The molecule has 0 radical (unpaired) electrons. The van der Waals surface area contributed by atoms with E-state index in [9.17, 15) is 5.11 Å². The van der Waals surface area contributed by atoms with Gasteiger partial charge in [-0.25, -0.2) is 0 Å². The fourth-order valence-electron chi connectivity index (χ4n) is 1.30. The highest BCUT2D eigenvalue weighted by molar-refractivity contribution is 7.80. The number of rotatable bonds is 2. The maximum absolute atomic E-state index is 9.24. The average molecular weight is 174 g/mol. The van der Waals surface area contributed by atoms with Crippen LogP contribution in [0.4, 0.5) is 0 Å². The summed E-state index contributed by atoms with van der Waals surface area (Å²) in [5.74, 6) is 0. The zero-order chi connectivity index (χ0) is 8.27. The third kappa shape index (κ3) is 2.63. The molecule has 0 spiro atoms. The maximum atomic E-state index is 9.24. The third-order valence-corrected chi connectivity index (χ3v) is 2.01. The van der Waals surface area contributed by atoms with Crippen molar-refractivity contribution in [3.63, 3.8) is 0 Å². The molecule has 0 saturated carbocycles. The number of aliphatic hydroxyl groups is 1. The van der Waals surface area contributed by atoms with Crippen LogP contribution >= 0.6 is 12.2 Å².